The van der Waals surface area contributed by atoms with Crippen molar-refractivity contribution in [3.8, 4) is 0 Å². The van der Waals surface area contributed by atoms with Crippen LogP contribution in [0, 0.1) is 0 Å². The first-order valence-electron chi connectivity index (χ1n) is 6.96. The van der Waals surface area contributed by atoms with Gasteiger partial charge in [-0.25, -0.2) is 14.8 Å². The molecule has 0 fully saturated rings. The minimum atomic E-state index is -0.754. The number of para-hydroxylation sites is 1. The van der Waals surface area contributed by atoms with Crippen molar-refractivity contribution in [2.75, 3.05) is 5.32 Å². The van der Waals surface area contributed by atoms with Crippen molar-refractivity contribution >= 4 is 22.8 Å². The van der Waals surface area contributed by atoms with Crippen LogP contribution in [0.2, 0.25) is 0 Å². The minimum Gasteiger partial charge on any atom is -0.444 e. The van der Waals surface area contributed by atoms with Gasteiger partial charge in [-0.05, 0) is 11.6 Å². The fourth-order valence-electron chi connectivity index (χ4n) is 1.99. The van der Waals surface area contributed by atoms with Crippen LogP contribution in [0.5, 0.6) is 0 Å². The summed E-state index contributed by atoms with van der Waals surface area (Å²) in [5.74, 6) is -0.167. The Bertz CT molecular complexity index is 898. The van der Waals surface area contributed by atoms with Crippen molar-refractivity contribution in [1.29, 1.82) is 0 Å². The zero-order valence-corrected chi connectivity index (χ0v) is 12.1. The smallest absolute Gasteiger partial charge is 0.413 e. The van der Waals surface area contributed by atoms with Crippen LogP contribution >= 0.6 is 0 Å². The summed E-state index contributed by atoms with van der Waals surface area (Å²) < 4.78 is 5.06. The number of fused-ring (bicyclic) bond motifs is 1. The van der Waals surface area contributed by atoms with Gasteiger partial charge >= 0.3 is 11.7 Å². The molecule has 6 nitrogen and oxygen atoms in total. The number of carbonyl (C=O) groups excluding carboxylic acids is 1. The van der Waals surface area contributed by atoms with E-state index in [1.54, 1.807) is 18.2 Å². The van der Waals surface area contributed by atoms with E-state index in [0.29, 0.717) is 10.9 Å². The summed E-state index contributed by atoms with van der Waals surface area (Å²) in [6.07, 6.45) is 0.729. The number of benzene rings is 2. The average molecular weight is 307 g/mol. The lowest BCUT2D eigenvalue weighted by Crippen LogP contribution is -2.20. The Morgan fingerprint density at radius 3 is 2.61 bits per heavy atom. The van der Waals surface area contributed by atoms with Gasteiger partial charge in [-0.15, -0.1) is 0 Å². The Labute approximate surface area is 131 Å². The zero-order chi connectivity index (χ0) is 16.1. The molecular formula is C17H13N3O3. The van der Waals surface area contributed by atoms with Crippen molar-refractivity contribution in [2.45, 2.75) is 6.61 Å². The van der Waals surface area contributed by atoms with Crippen LogP contribution in [0.15, 0.2) is 65.6 Å². The second kappa shape index (κ2) is 6.65. The number of carbonyl (C=O) groups is 1. The third-order valence-corrected chi connectivity index (χ3v) is 3.13. The Morgan fingerprint density at radius 1 is 1.04 bits per heavy atom. The Balaban J connectivity index is 1.74. The molecule has 1 N–H and O–H groups in total. The minimum absolute atomic E-state index is 0.106. The number of amides is 1. The summed E-state index contributed by atoms with van der Waals surface area (Å²) in [6.45, 7) is 0.106. The Hall–Kier alpha value is -3.28. The molecule has 0 bridgehead atoms. The first kappa shape index (κ1) is 14.6. The van der Waals surface area contributed by atoms with Crippen LogP contribution in [-0.4, -0.2) is 16.1 Å². The van der Waals surface area contributed by atoms with Crippen molar-refractivity contribution in [3.05, 3.63) is 76.7 Å². The average Bonchev–Trinajstić information content (AvgIpc) is 2.73. The molecule has 2 aromatic carbocycles. The lowest BCUT2D eigenvalue weighted by atomic mass is 10.2. The molecule has 0 unspecified atom stereocenters. The maximum absolute atomic E-state index is 12.0. The topological polar surface area (TPSA) is 81.2 Å². The Morgan fingerprint density at radius 2 is 1.78 bits per heavy atom. The molecule has 23 heavy (non-hydrogen) atoms. The standard InChI is InChI=1S/C17H13N3O3/c21-16-15(18-10-13-8-4-5-9-14(13)19-16)20-17(22)23-11-12-6-2-1-3-7-12/h1-10H,11H2,(H,18,19,20,21,22). The predicted molar refractivity (Wildman–Crippen MR) is 86.1 cm³/mol. The van der Waals surface area contributed by atoms with Gasteiger partial charge in [-0.3, -0.25) is 10.1 Å². The molecule has 0 spiro atoms. The summed E-state index contributed by atoms with van der Waals surface area (Å²) in [6, 6.07) is 16.3. The molecule has 1 aromatic heterocycles. The molecule has 0 aliphatic rings. The van der Waals surface area contributed by atoms with E-state index < -0.39 is 11.7 Å². The summed E-state index contributed by atoms with van der Waals surface area (Å²) >= 11 is 0. The molecule has 0 saturated carbocycles. The van der Waals surface area contributed by atoms with Gasteiger partial charge in [0, 0.05) is 11.6 Å². The summed E-state index contributed by atoms with van der Waals surface area (Å²) in [5.41, 5.74) is 0.735. The van der Waals surface area contributed by atoms with Crippen LogP contribution in [0.3, 0.4) is 0 Å². The Kier molecular flexibility index (Phi) is 4.24. The third-order valence-electron chi connectivity index (χ3n) is 3.13. The van der Waals surface area contributed by atoms with Gasteiger partial charge in [0.1, 0.15) is 6.61 Å². The van der Waals surface area contributed by atoms with Gasteiger partial charge in [0.15, 0.2) is 0 Å². The van der Waals surface area contributed by atoms with Crippen molar-refractivity contribution in [2.24, 2.45) is 0 Å². The van der Waals surface area contributed by atoms with E-state index >= 15 is 0 Å². The highest BCUT2D eigenvalue weighted by Gasteiger charge is 2.08. The molecule has 1 heterocycles. The number of nitrogens with one attached hydrogen (secondary N) is 1. The van der Waals surface area contributed by atoms with Crippen LogP contribution in [-0.2, 0) is 11.3 Å². The quantitative estimate of drug-likeness (QED) is 0.804. The number of anilines is 1. The SMILES string of the molecule is O=C(Nc1ncc2ccccc2nc1=O)OCc1ccccc1. The second-order valence-corrected chi connectivity index (χ2v) is 4.77. The lowest BCUT2D eigenvalue weighted by Gasteiger charge is -2.04. The maximum Gasteiger partial charge on any atom is 0.413 e. The molecule has 0 aliphatic carbocycles. The third kappa shape index (κ3) is 3.68. The second-order valence-electron chi connectivity index (χ2n) is 4.77. The number of aromatic nitrogens is 2. The fraction of sp³-hybridized carbons (Fsp3) is 0.0588. The highest BCUT2D eigenvalue weighted by atomic mass is 16.5. The molecular weight excluding hydrogens is 294 g/mol. The highest BCUT2D eigenvalue weighted by molar-refractivity contribution is 5.84. The number of hydrogen-bond donors (Lipinski definition) is 1. The van der Waals surface area contributed by atoms with E-state index in [-0.39, 0.29) is 12.4 Å². The summed E-state index contributed by atoms with van der Waals surface area (Å²) in [5, 5.41) is 3.03. The summed E-state index contributed by atoms with van der Waals surface area (Å²) in [7, 11) is 0. The van der Waals surface area contributed by atoms with E-state index in [2.05, 4.69) is 15.3 Å². The highest BCUT2D eigenvalue weighted by Crippen LogP contribution is 2.08. The van der Waals surface area contributed by atoms with Crippen LogP contribution in [0.1, 0.15) is 5.56 Å². The molecule has 114 valence electrons. The van der Waals surface area contributed by atoms with Gasteiger partial charge in [-0.1, -0.05) is 48.5 Å². The normalized spacial score (nSPS) is 10.3. The molecule has 0 saturated heterocycles. The zero-order valence-electron chi connectivity index (χ0n) is 12.1. The van der Waals surface area contributed by atoms with Gasteiger partial charge < -0.3 is 4.74 Å². The maximum atomic E-state index is 12.0. The molecule has 6 heteroatoms. The van der Waals surface area contributed by atoms with E-state index in [0.717, 1.165) is 5.56 Å². The predicted octanol–water partition coefficient (Wildman–Crippen LogP) is 2.74. The van der Waals surface area contributed by atoms with E-state index in [1.165, 1.54) is 6.20 Å². The molecule has 0 atom stereocenters. The lowest BCUT2D eigenvalue weighted by molar-refractivity contribution is 0.155. The van der Waals surface area contributed by atoms with Crippen molar-refractivity contribution < 1.29 is 9.53 Å². The van der Waals surface area contributed by atoms with Crippen LogP contribution in [0.25, 0.3) is 10.9 Å². The van der Waals surface area contributed by atoms with Crippen molar-refractivity contribution in [3.63, 3.8) is 0 Å². The molecule has 0 radical (unpaired) electrons. The number of hydrogen-bond acceptors (Lipinski definition) is 5. The monoisotopic (exact) mass is 307 g/mol. The van der Waals surface area contributed by atoms with Gasteiger partial charge in [0.25, 0.3) is 0 Å². The van der Waals surface area contributed by atoms with E-state index in [4.69, 9.17) is 4.74 Å². The van der Waals surface area contributed by atoms with E-state index in [1.807, 2.05) is 36.4 Å². The number of rotatable bonds is 3. The molecule has 0 aliphatic heterocycles. The first-order valence-corrected chi connectivity index (χ1v) is 6.96. The first-order chi connectivity index (χ1) is 11.2. The number of nitrogens with zero attached hydrogens (tertiary/aromatic N) is 2. The summed E-state index contributed by atoms with van der Waals surface area (Å²) in [4.78, 5) is 31.7. The molecule has 1 amide bonds. The largest absolute Gasteiger partial charge is 0.444 e. The molecule has 3 rings (SSSR count). The number of ether oxygens (including phenoxy) is 1. The van der Waals surface area contributed by atoms with Crippen LogP contribution < -0.4 is 10.9 Å². The van der Waals surface area contributed by atoms with Gasteiger partial charge in [0.05, 0.1) is 5.52 Å². The molecule has 3 aromatic rings. The fourth-order valence-corrected chi connectivity index (χ4v) is 1.99. The van der Waals surface area contributed by atoms with Gasteiger partial charge in [0.2, 0.25) is 5.82 Å². The van der Waals surface area contributed by atoms with Crippen LogP contribution in [0.4, 0.5) is 10.6 Å². The van der Waals surface area contributed by atoms with Gasteiger partial charge in [-0.2, -0.15) is 0 Å². The van der Waals surface area contributed by atoms with Crippen molar-refractivity contribution in [1.82, 2.24) is 9.97 Å². The van der Waals surface area contributed by atoms with E-state index in [9.17, 15) is 9.59 Å².